The van der Waals surface area contributed by atoms with Crippen LogP contribution in [0.5, 0.6) is 0 Å². The number of pyridine rings is 1. The number of hydrogen-bond acceptors (Lipinski definition) is 4. The molecular formula is C28H28FN3O2. The molecule has 0 bridgehead atoms. The molecule has 1 aliphatic heterocycles. The number of rotatable bonds is 4. The van der Waals surface area contributed by atoms with Gasteiger partial charge in [-0.2, -0.15) is 0 Å². The van der Waals surface area contributed by atoms with Gasteiger partial charge in [-0.15, -0.1) is 0 Å². The maximum absolute atomic E-state index is 15.0. The third-order valence-corrected chi connectivity index (χ3v) is 6.57. The van der Waals surface area contributed by atoms with E-state index in [-0.39, 0.29) is 17.3 Å². The fourth-order valence-corrected chi connectivity index (χ4v) is 4.75. The Labute approximate surface area is 198 Å². The second-order valence-electron chi connectivity index (χ2n) is 9.10. The minimum absolute atomic E-state index is 0.133. The van der Waals surface area contributed by atoms with Crippen LogP contribution in [-0.2, 0) is 0 Å². The maximum atomic E-state index is 15.0. The van der Waals surface area contributed by atoms with Gasteiger partial charge in [0, 0.05) is 23.7 Å². The summed E-state index contributed by atoms with van der Waals surface area (Å²) in [6.45, 7) is 7.62. The number of halogens is 1. The summed E-state index contributed by atoms with van der Waals surface area (Å²) in [6, 6.07) is 14.3. The Hall–Kier alpha value is -3.51. The molecule has 0 spiro atoms. The molecule has 0 radical (unpaired) electrons. The molecule has 1 saturated heterocycles. The monoisotopic (exact) mass is 457 g/mol. The van der Waals surface area contributed by atoms with E-state index in [0.717, 1.165) is 48.3 Å². The minimum atomic E-state index is -0.350. The van der Waals surface area contributed by atoms with Gasteiger partial charge in [-0.25, -0.2) is 9.37 Å². The number of aryl methyl sites for hydroxylation is 3. The molecule has 1 fully saturated rings. The standard InChI is InChI=1S/C28H28FN3O2/c1-17-7-9-22(23(29)15-17)27-25(31-28(34-27)20-11-13-30-14-12-20)21-8-10-24(33)32(16-21)26-18(2)5-4-6-19(26)3/h4-10,15-16,20,30H,11-14H2,1-3H3. The van der Waals surface area contributed by atoms with Crippen molar-refractivity contribution < 1.29 is 8.81 Å². The van der Waals surface area contributed by atoms with E-state index in [9.17, 15) is 4.79 Å². The third kappa shape index (κ3) is 4.10. The van der Waals surface area contributed by atoms with Crippen molar-refractivity contribution in [1.29, 1.82) is 0 Å². The van der Waals surface area contributed by atoms with Crippen molar-refractivity contribution in [2.45, 2.75) is 39.5 Å². The Morgan fingerprint density at radius 3 is 2.47 bits per heavy atom. The molecule has 2 aromatic carbocycles. The van der Waals surface area contributed by atoms with Crippen LogP contribution >= 0.6 is 0 Å². The van der Waals surface area contributed by atoms with Crippen LogP contribution in [0.15, 0.2) is 63.9 Å². The molecular weight excluding hydrogens is 429 g/mol. The predicted molar refractivity (Wildman–Crippen MR) is 132 cm³/mol. The fourth-order valence-electron chi connectivity index (χ4n) is 4.75. The SMILES string of the molecule is Cc1ccc(-c2oc(C3CCNCC3)nc2-c2ccc(=O)n(-c3c(C)cccc3C)c2)c(F)c1. The largest absolute Gasteiger partial charge is 0.440 e. The number of para-hydroxylation sites is 1. The molecule has 5 rings (SSSR count). The van der Waals surface area contributed by atoms with Gasteiger partial charge >= 0.3 is 0 Å². The zero-order valence-corrected chi connectivity index (χ0v) is 19.7. The van der Waals surface area contributed by atoms with Crippen LogP contribution in [0, 0.1) is 26.6 Å². The average molecular weight is 458 g/mol. The lowest BCUT2D eigenvalue weighted by molar-refractivity contribution is 0.378. The van der Waals surface area contributed by atoms with Crippen molar-refractivity contribution in [3.63, 3.8) is 0 Å². The van der Waals surface area contributed by atoms with E-state index in [4.69, 9.17) is 9.40 Å². The molecule has 2 aromatic heterocycles. The Balaban J connectivity index is 1.70. The van der Waals surface area contributed by atoms with Crippen molar-refractivity contribution in [2.24, 2.45) is 0 Å². The van der Waals surface area contributed by atoms with E-state index in [1.54, 1.807) is 22.9 Å². The number of oxazole rings is 1. The van der Waals surface area contributed by atoms with Crippen LogP contribution in [0.3, 0.4) is 0 Å². The molecule has 174 valence electrons. The van der Waals surface area contributed by atoms with Gasteiger partial charge in [0.2, 0.25) is 0 Å². The second-order valence-corrected chi connectivity index (χ2v) is 9.10. The molecule has 0 saturated carbocycles. The van der Waals surface area contributed by atoms with Gasteiger partial charge in [0.25, 0.3) is 5.56 Å². The average Bonchev–Trinajstić information content (AvgIpc) is 3.26. The van der Waals surface area contributed by atoms with Crippen LogP contribution in [0.2, 0.25) is 0 Å². The molecule has 0 unspecified atom stereocenters. The van der Waals surface area contributed by atoms with Crippen LogP contribution < -0.4 is 10.9 Å². The lowest BCUT2D eigenvalue weighted by Gasteiger charge is -2.19. The molecule has 0 amide bonds. The molecule has 5 nitrogen and oxygen atoms in total. The molecule has 3 heterocycles. The molecule has 1 N–H and O–H groups in total. The summed E-state index contributed by atoms with van der Waals surface area (Å²) in [5.74, 6) is 0.846. The highest BCUT2D eigenvalue weighted by molar-refractivity contribution is 5.77. The van der Waals surface area contributed by atoms with E-state index in [2.05, 4.69) is 5.32 Å². The van der Waals surface area contributed by atoms with Crippen LogP contribution in [0.1, 0.15) is 41.3 Å². The number of benzene rings is 2. The smallest absolute Gasteiger partial charge is 0.255 e. The van der Waals surface area contributed by atoms with E-state index in [1.165, 1.54) is 12.1 Å². The van der Waals surface area contributed by atoms with Crippen molar-refractivity contribution in [3.8, 4) is 28.3 Å². The summed E-state index contributed by atoms with van der Waals surface area (Å²) in [5, 5.41) is 3.36. The topological polar surface area (TPSA) is 60.1 Å². The number of nitrogens with zero attached hydrogens (tertiary/aromatic N) is 2. The quantitative estimate of drug-likeness (QED) is 0.428. The zero-order valence-electron chi connectivity index (χ0n) is 19.7. The lowest BCUT2D eigenvalue weighted by atomic mass is 9.98. The molecule has 6 heteroatoms. The first-order valence-corrected chi connectivity index (χ1v) is 11.7. The number of aromatic nitrogens is 2. The van der Waals surface area contributed by atoms with Crippen molar-refractivity contribution in [3.05, 3.63) is 93.5 Å². The first-order chi connectivity index (χ1) is 16.4. The zero-order chi connectivity index (χ0) is 23.8. The number of nitrogens with one attached hydrogen (secondary N) is 1. The van der Waals surface area contributed by atoms with E-state index >= 15 is 4.39 Å². The van der Waals surface area contributed by atoms with Crippen molar-refractivity contribution >= 4 is 0 Å². The maximum Gasteiger partial charge on any atom is 0.255 e. The summed E-state index contributed by atoms with van der Waals surface area (Å²) < 4.78 is 23.0. The highest BCUT2D eigenvalue weighted by Crippen LogP contribution is 2.38. The summed E-state index contributed by atoms with van der Waals surface area (Å²) in [5.41, 5.74) is 5.19. The van der Waals surface area contributed by atoms with Crippen molar-refractivity contribution in [1.82, 2.24) is 14.9 Å². The molecule has 0 atom stereocenters. The summed E-state index contributed by atoms with van der Waals surface area (Å²) in [7, 11) is 0. The van der Waals surface area contributed by atoms with Gasteiger partial charge in [0.15, 0.2) is 11.7 Å². The first kappa shape index (κ1) is 22.3. The summed E-state index contributed by atoms with van der Waals surface area (Å²) >= 11 is 0. The predicted octanol–water partition coefficient (Wildman–Crippen LogP) is 5.69. The second kappa shape index (κ2) is 9.03. The van der Waals surface area contributed by atoms with Crippen LogP contribution in [0.4, 0.5) is 4.39 Å². The molecule has 34 heavy (non-hydrogen) atoms. The Morgan fingerprint density at radius 1 is 1.03 bits per heavy atom. The normalized spacial score (nSPS) is 14.5. The third-order valence-electron chi connectivity index (χ3n) is 6.57. The Bertz CT molecular complexity index is 1390. The van der Waals surface area contributed by atoms with E-state index in [0.29, 0.717) is 28.5 Å². The first-order valence-electron chi connectivity index (χ1n) is 11.7. The minimum Gasteiger partial charge on any atom is -0.440 e. The number of piperidine rings is 1. The van der Waals surface area contributed by atoms with Crippen molar-refractivity contribution in [2.75, 3.05) is 13.1 Å². The van der Waals surface area contributed by atoms with Crippen LogP contribution in [0.25, 0.3) is 28.3 Å². The van der Waals surface area contributed by atoms with Crippen LogP contribution in [-0.4, -0.2) is 22.6 Å². The molecule has 1 aliphatic rings. The van der Waals surface area contributed by atoms with Gasteiger partial charge in [0.1, 0.15) is 11.5 Å². The van der Waals surface area contributed by atoms with Gasteiger partial charge in [-0.05, 0) is 81.6 Å². The Kier molecular flexibility index (Phi) is 5.92. The Morgan fingerprint density at radius 2 is 1.76 bits per heavy atom. The van der Waals surface area contributed by atoms with Gasteiger partial charge in [0.05, 0.1) is 11.3 Å². The van der Waals surface area contributed by atoms with Gasteiger partial charge < -0.3 is 9.73 Å². The van der Waals surface area contributed by atoms with Gasteiger partial charge in [-0.3, -0.25) is 9.36 Å². The summed E-state index contributed by atoms with van der Waals surface area (Å²) in [6.07, 6.45) is 3.62. The highest BCUT2D eigenvalue weighted by atomic mass is 19.1. The highest BCUT2D eigenvalue weighted by Gasteiger charge is 2.26. The molecule has 0 aliphatic carbocycles. The fraction of sp³-hybridized carbons (Fsp3) is 0.286. The van der Waals surface area contributed by atoms with E-state index < -0.39 is 0 Å². The number of hydrogen-bond donors (Lipinski definition) is 1. The summed E-state index contributed by atoms with van der Waals surface area (Å²) in [4.78, 5) is 17.7. The van der Waals surface area contributed by atoms with E-state index in [1.807, 2.05) is 45.0 Å². The molecule has 4 aromatic rings. The van der Waals surface area contributed by atoms with Gasteiger partial charge in [-0.1, -0.05) is 24.3 Å². The lowest BCUT2D eigenvalue weighted by Crippen LogP contribution is -2.26.